The molecule has 1 aromatic rings. The van der Waals surface area contributed by atoms with Gasteiger partial charge in [0.05, 0.1) is 0 Å². The number of aromatic hydroxyl groups is 1. The predicted octanol–water partition coefficient (Wildman–Crippen LogP) is -0.283. The van der Waals surface area contributed by atoms with Gasteiger partial charge in [0.15, 0.2) is 0 Å². The SMILES string of the molecule is OCCc1cc(O)ncn1. The summed E-state index contributed by atoms with van der Waals surface area (Å²) in [4.78, 5) is 7.28. The molecule has 0 fully saturated rings. The van der Waals surface area contributed by atoms with Crippen molar-refractivity contribution in [3.63, 3.8) is 0 Å². The fourth-order valence-corrected chi connectivity index (χ4v) is 0.637. The average molecular weight is 140 g/mol. The van der Waals surface area contributed by atoms with E-state index in [1.165, 1.54) is 12.4 Å². The summed E-state index contributed by atoms with van der Waals surface area (Å²) in [5, 5.41) is 17.3. The second kappa shape index (κ2) is 3.12. The highest BCUT2D eigenvalue weighted by atomic mass is 16.3. The molecule has 1 aromatic heterocycles. The maximum absolute atomic E-state index is 8.81. The molecule has 0 amide bonds. The van der Waals surface area contributed by atoms with Crippen molar-refractivity contribution in [2.75, 3.05) is 6.61 Å². The van der Waals surface area contributed by atoms with E-state index in [9.17, 15) is 0 Å². The van der Waals surface area contributed by atoms with E-state index in [1.54, 1.807) is 0 Å². The molecule has 0 unspecified atom stereocenters. The van der Waals surface area contributed by atoms with Crippen molar-refractivity contribution in [3.8, 4) is 5.88 Å². The number of hydrogen-bond acceptors (Lipinski definition) is 4. The zero-order chi connectivity index (χ0) is 7.40. The molecule has 1 heterocycles. The summed E-state index contributed by atoms with van der Waals surface area (Å²) in [7, 11) is 0. The van der Waals surface area contributed by atoms with Gasteiger partial charge in [-0.3, -0.25) is 0 Å². The lowest BCUT2D eigenvalue weighted by Gasteiger charge is -1.94. The number of aliphatic hydroxyl groups is 1. The van der Waals surface area contributed by atoms with Gasteiger partial charge >= 0.3 is 0 Å². The van der Waals surface area contributed by atoms with Crippen molar-refractivity contribution in [3.05, 3.63) is 18.1 Å². The van der Waals surface area contributed by atoms with E-state index >= 15 is 0 Å². The van der Waals surface area contributed by atoms with Gasteiger partial charge in [0.25, 0.3) is 0 Å². The van der Waals surface area contributed by atoms with Crippen LogP contribution in [0.3, 0.4) is 0 Å². The Morgan fingerprint density at radius 3 is 2.80 bits per heavy atom. The van der Waals surface area contributed by atoms with E-state index in [2.05, 4.69) is 9.97 Å². The first-order chi connectivity index (χ1) is 4.83. The predicted molar refractivity (Wildman–Crippen MR) is 34.5 cm³/mol. The summed E-state index contributed by atoms with van der Waals surface area (Å²) in [5.74, 6) is -0.0570. The molecular weight excluding hydrogens is 132 g/mol. The van der Waals surface area contributed by atoms with E-state index in [-0.39, 0.29) is 12.5 Å². The number of nitrogens with zero attached hydrogens (tertiary/aromatic N) is 2. The first kappa shape index (κ1) is 6.95. The van der Waals surface area contributed by atoms with Gasteiger partial charge in [-0.05, 0) is 0 Å². The quantitative estimate of drug-likeness (QED) is 0.592. The van der Waals surface area contributed by atoms with E-state index in [1.807, 2.05) is 0 Å². The Balaban J connectivity index is 2.75. The Hall–Kier alpha value is -1.16. The van der Waals surface area contributed by atoms with Crippen molar-refractivity contribution in [1.82, 2.24) is 9.97 Å². The lowest BCUT2D eigenvalue weighted by Crippen LogP contribution is -1.94. The van der Waals surface area contributed by atoms with Gasteiger partial charge in [0.2, 0.25) is 5.88 Å². The standard InChI is InChI=1S/C6H8N2O2/c9-2-1-5-3-6(10)8-4-7-5/h3-4,9H,1-2H2,(H,7,8,10). The monoisotopic (exact) mass is 140 g/mol. The van der Waals surface area contributed by atoms with Crippen LogP contribution in [0.5, 0.6) is 5.88 Å². The third-order valence-corrected chi connectivity index (χ3v) is 1.08. The number of aliphatic hydroxyl groups excluding tert-OH is 1. The fourth-order valence-electron chi connectivity index (χ4n) is 0.637. The number of aromatic nitrogens is 2. The highest BCUT2D eigenvalue weighted by Crippen LogP contribution is 2.03. The van der Waals surface area contributed by atoms with Gasteiger partial charge in [0, 0.05) is 24.8 Å². The maximum Gasteiger partial charge on any atom is 0.214 e. The minimum absolute atomic E-state index is 0.0381. The summed E-state index contributed by atoms with van der Waals surface area (Å²) in [6.07, 6.45) is 1.72. The zero-order valence-corrected chi connectivity index (χ0v) is 5.36. The first-order valence-electron chi connectivity index (χ1n) is 2.93. The molecule has 4 nitrogen and oxygen atoms in total. The molecule has 0 bridgehead atoms. The van der Waals surface area contributed by atoms with Crippen LogP contribution >= 0.6 is 0 Å². The minimum atomic E-state index is -0.0570. The zero-order valence-electron chi connectivity index (χ0n) is 5.36. The third-order valence-electron chi connectivity index (χ3n) is 1.08. The minimum Gasteiger partial charge on any atom is -0.493 e. The molecule has 10 heavy (non-hydrogen) atoms. The largest absolute Gasteiger partial charge is 0.493 e. The van der Waals surface area contributed by atoms with Gasteiger partial charge < -0.3 is 10.2 Å². The molecule has 0 saturated carbocycles. The van der Waals surface area contributed by atoms with Crippen molar-refractivity contribution in [2.24, 2.45) is 0 Å². The number of rotatable bonds is 2. The Kier molecular flexibility index (Phi) is 2.17. The van der Waals surface area contributed by atoms with E-state index in [4.69, 9.17) is 10.2 Å². The summed E-state index contributed by atoms with van der Waals surface area (Å²) < 4.78 is 0. The molecule has 4 heteroatoms. The molecule has 0 saturated heterocycles. The van der Waals surface area contributed by atoms with Crippen LogP contribution in [0.4, 0.5) is 0 Å². The molecular formula is C6H8N2O2. The topological polar surface area (TPSA) is 66.2 Å². The first-order valence-corrected chi connectivity index (χ1v) is 2.93. The highest BCUT2D eigenvalue weighted by Gasteiger charge is 1.94. The van der Waals surface area contributed by atoms with Crippen LogP contribution in [0.1, 0.15) is 5.69 Å². The molecule has 1 rings (SSSR count). The number of hydrogen-bond donors (Lipinski definition) is 2. The molecule has 54 valence electrons. The lowest BCUT2D eigenvalue weighted by molar-refractivity contribution is 0.298. The Morgan fingerprint density at radius 2 is 2.20 bits per heavy atom. The van der Waals surface area contributed by atoms with Gasteiger partial charge in [-0.1, -0.05) is 0 Å². The van der Waals surface area contributed by atoms with Gasteiger partial charge in [-0.2, -0.15) is 0 Å². The van der Waals surface area contributed by atoms with E-state index < -0.39 is 0 Å². The van der Waals surface area contributed by atoms with E-state index in [0.29, 0.717) is 12.1 Å². The van der Waals surface area contributed by atoms with Crippen LogP contribution in [0.15, 0.2) is 12.4 Å². The maximum atomic E-state index is 8.81. The van der Waals surface area contributed by atoms with Crippen LogP contribution in [0.2, 0.25) is 0 Å². The van der Waals surface area contributed by atoms with Crippen LogP contribution in [0.25, 0.3) is 0 Å². The fraction of sp³-hybridized carbons (Fsp3) is 0.333. The molecule has 0 aliphatic rings. The smallest absolute Gasteiger partial charge is 0.214 e. The summed E-state index contributed by atoms with van der Waals surface area (Å²) in [5.41, 5.74) is 0.648. The van der Waals surface area contributed by atoms with Crippen molar-refractivity contribution >= 4 is 0 Å². The van der Waals surface area contributed by atoms with E-state index in [0.717, 1.165) is 0 Å². The molecule has 0 aliphatic carbocycles. The van der Waals surface area contributed by atoms with Gasteiger partial charge in [-0.15, -0.1) is 0 Å². The second-order valence-corrected chi connectivity index (χ2v) is 1.84. The molecule has 0 atom stereocenters. The summed E-state index contributed by atoms with van der Waals surface area (Å²) in [6, 6.07) is 1.43. The normalized spacial score (nSPS) is 9.70. The van der Waals surface area contributed by atoms with Crippen molar-refractivity contribution in [1.29, 1.82) is 0 Å². The van der Waals surface area contributed by atoms with Gasteiger partial charge in [0.1, 0.15) is 6.33 Å². The third kappa shape index (κ3) is 1.66. The Bertz CT molecular complexity index is 215. The van der Waals surface area contributed by atoms with Crippen LogP contribution in [-0.4, -0.2) is 26.8 Å². The Morgan fingerprint density at radius 1 is 1.40 bits per heavy atom. The van der Waals surface area contributed by atoms with Crippen LogP contribution < -0.4 is 0 Å². The van der Waals surface area contributed by atoms with Gasteiger partial charge in [-0.25, -0.2) is 9.97 Å². The van der Waals surface area contributed by atoms with Crippen LogP contribution in [0, 0.1) is 0 Å². The molecule has 0 aliphatic heterocycles. The lowest BCUT2D eigenvalue weighted by atomic mass is 10.3. The molecule has 2 N–H and O–H groups in total. The second-order valence-electron chi connectivity index (χ2n) is 1.84. The molecule has 0 aromatic carbocycles. The summed E-state index contributed by atoms with van der Waals surface area (Å²) >= 11 is 0. The molecule has 0 spiro atoms. The van der Waals surface area contributed by atoms with Crippen molar-refractivity contribution < 1.29 is 10.2 Å². The van der Waals surface area contributed by atoms with Crippen molar-refractivity contribution in [2.45, 2.75) is 6.42 Å². The van der Waals surface area contributed by atoms with Crippen LogP contribution in [-0.2, 0) is 6.42 Å². The highest BCUT2D eigenvalue weighted by molar-refractivity contribution is 5.11. The average Bonchev–Trinajstić information content (AvgIpc) is 1.88. The Labute approximate surface area is 58.2 Å². The summed E-state index contributed by atoms with van der Waals surface area (Å²) in [6.45, 7) is 0.0381. The molecule has 0 radical (unpaired) electrons.